The molecule has 1 unspecified atom stereocenters. The Balaban J connectivity index is 2.41. The van der Waals surface area contributed by atoms with Crippen molar-refractivity contribution in [3.05, 3.63) is 11.0 Å². The maximum atomic E-state index is 11.5. The SMILES string of the molecule is C/C=C1\SC(=S)C2(CN2)C1=O. The van der Waals surface area contributed by atoms with Crippen LogP contribution in [0.4, 0.5) is 0 Å². The quantitative estimate of drug-likeness (QED) is 0.345. The minimum absolute atomic E-state index is 0.162. The van der Waals surface area contributed by atoms with Crippen molar-refractivity contribution in [3.8, 4) is 0 Å². The molecular formula is C7H7NOS2. The van der Waals surface area contributed by atoms with Crippen LogP contribution in [0.3, 0.4) is 0 Å². The highest BCUT2D eigenvalue weighted by Crippen LogP contribution is 2.42. The first-order valence-electron chi connectivity index (χ1n) is 3.39. The fourth-order valence-electron chi connectivity index (χ4n) is 1.12. The van der Waals surface area contributed by atoms with Gasteiger partial charge in [0, 0.05) is 6.54 Å². The lowest BCUT2D eigenvalue weighted by atomic mass is 10.1. The molecule has 4 heteroatoms. The number of rotatable bonds is 0. The summed E-state index contributed by atoms with van der Waals surface area (Å²) in [5.74, 6) is 0.162. The van der Waals surface area contributed by atoms with Gasteiger partial charge in [0.2, 0.25) is 0 Å². The average Bonchev–Trinajstić information content (AvgIpc) is 2.74. The third-order valence-corrected chi connectivity index (χ3v) is 3.73. The highest BCUT2D eigenvalue weighted by Gasteiger charge is 2.58. The Bertz CT molecular complexity index is 278. The van der Waals surface area contributed by atoms with Crippen molar-refractivity contribution in [2.45, 2.75) is 12.5 Å². The summed E-state index contributed by atoms with van der Waals surface area (Å²) >= 11 is 6.50. The van der Waals surface area contributed by atoms with Gasteiger partial charge in [-0.2, -0.15) is 0 Å². The molecule has 2 rings (SSSR count). The van der Waals surface area contributed by atoms with Gasteiger partial charge in [0.05, 0.1) is 9.10 Å². The van der Waals surface area contributed by atoms with Crippen LogP contribution in [0.15, 0.2) is 11.0 Å². The molecule has 0 aromatic carbocycles. The standard InChI is InChI=1S/C7H7NOS2/c1-2-4-5(9)7(3-8-7)6(10)11-4/h2,8H,3H2,1H3/b4-2-. The van der Waals surface area contributed by atoms with Crippen molar-refractivity contribution in [3.63, 3.8) is 0 Å². The van der Waals surface area contributed by atoms with Crippen LogP contribution in [0.25, 0.3) is 0 Å². The van der Waals surface area contributed by atoms with Crippen molar-refractivity contribution in [2.75, 3.05) is 6.54 Å². The lowest BCUT2D eigenvalue weighted by Crippen LogP contribution is -2.27. The summed E-state index contributed by atoms with van der Waals surface area (Å²) in [6, 6.07) is 0. The minimum Gasteiger partial charge on any atom is -0.296 e. The van der Waals surface area contributed by atoms with Crippen molar-refractivity contribution in [1.82, 2.24) is 5.32 Å². The molecule has 2 saturated heterocycles. The zero-order chi connectivity index (χ0) is 8.06. The number of nitrogens with one attached hydrogen (secondary N) is 1. The molecule has 2 aliphatic rings. The van der Waals surface area contributed by atoms with E-state index in [2.05, 4.69) is 5.32 Å². The van der Waals surface area contributed by atoms with E-state index in [4.69, 9.17) is 12.2 Å². The van der Waals surface area contributed by atoms with Crippen LogP contribution < -0.4 is 5.32 Å². The zero-order valence-electron chi connectivity index (χ0n) is 6.01. The van der Waals surface area contributed by atoms with Crippen molar-refractivity contribution >= 4 is 34.0 Å². The van der Waals surface area contributed by atoms with E-state index in [0.29, 0.717) is 0 Å². The Hall–Kier alpha value is -0.190. The second kappa shape index (κ2) is 2.15. The van der Waals surface area contributed by atoms with Crippen molar-refractivity contribution in [1.29, 1.82) is 0 Å². The summed E-state index contributed by atoms with van der Waals surface area (Å²) in [4.78, 5) is 12.3. The number of hydrogen-bond donors (Lipinski definition) is 1. The van der Waals surface area contributed by atoms with E-state index in [1.54, 1.807) is 0 Å². The van der Waals surface area contributed by atoms with Gasteiger partial charge in [0.1, 0.15) is 5.54 Å². The van der Waals surface area contributed by atoms with Gasteiger partial charge in [-0.05, 0) is 6.92 Å². The minimum atomic E-state index is -0.429. The molecule has 0 saturated carbocycles. The van der Waals surface area contributed by atoms with Crippen LogP contribution in [0.1, 0.15) is 6.92 Å². The highest BCUT2D eigenvalue weighted by molar-refractivity contribution is 8.27. The molecule has 1 N–H and O–H groups in total. The van der Waals surface area contributed by atoms with Gasteiger partial charge in [0.25, 0.3) is 0 Å². The first-order valence-corrected chi connectivity index (χ1v) is 4.61. The molecule has 2 fully saturated rings. The smallest absolute Gasteiger partial charge is 0.196 e. The van der Waals surface area contributed by atoms with Crippen LogP contribution in [0.2, 0.25) is 0 Å². The molecule has 0 bridgehead atoms. The summed E-state index contributed by atoms with van der Waals surface area (Å²) in [7, 11) is 0. The third kappa shape index (κ3) is 0.832. The van der Waals surface area contributed by atoms with Gasteiger partial charge in [-0.15, -0.1) is 0 Å². The second-order valence-electron chi connectivity index (χ2n) is 2.63. The van der Waals surface area contributed by atoms with Gasteiger partial charge in [0.15, 0.2) is 5.78 Å². The van der Waals surface area contributed by atoms with Gasteiger partial charge >= 0.3 is 0 Å². The first-order chi connectivity index (χ1) is 5.20. The molecule has 11 heavy (non-hydrogen) atoms. The number of ketones is 1. The van der Waals surface area contributed by atoms with Crippen LogP contribution in [0.5, 0.6) is 0 Å². The maximum absolute atomic E-state index is 11.5. The Kier molecular flexibility index (Phi) is 1.46. The van der Waals surface area contributed by atoms with Gasteiger partial charge in [-0.1, -0.05) is 30.1 Å². The van der Waals surface area contributed by atoms with E-state index < -0.39 is 5.54 Å². The van der Waals surface area contributed by atoms with Crippen LogP contribution >= 0.6 is 24.0 Å². The van der Waals surface area contributed by atoms with Gasteiger partial charge in [-0.3, -0.25) is 10.1 Å². The zero-order valence-corrected chi connectivity index (χ0v) is 7.64. The largest absolute Gasteiger partial charge is 0.296 e. The van der Waals surface area contributed by atoms with E-state index in [0.717, 1.165) is 15.6 Å². The molecule has 2 aliphatic heterocycles. The van der Waals surface area contributed by atoms with E-state index in [1.165, 1.54) is 11.8 Å². The molecule has 2 nitrogen and oxygen atoms in total. The van der Waals surface area contributed by atoms with Crippen LogP contribution in [-0.4, -0.2) is 22.1 Å². The lowest BCUT2D eigenvalue weighted by molar-refractivity contribution is -0.115. The molecule has 2 heterocycles. The van der Waals surface area contributed by atoms with Crippen molar-refractivity contribution in [2.24, 2.45) is 0 Å². The van der Waals surface area contributed by atoms with Crippen LogP contribution in [0, 0.1) is 0 Å². The molecule has 0 aliphatic carbocycles. The number of allylic oxidation sites excluding steroid dienone is 1. The maximum Gasteiger partial charge on any atom is 0.196 e. The number of carbonyl (C=O) groups is 1. The highest BCUT2D eigenvalue weighted by atomic mass is 32.2. The summed E-state index contributed by atoms with van der Waals surface area (Å²) in [6.45, 7) is 2.60. The van der Waals surface area contributed by atoms with E-state index >= 15 is 0 Å². The Morgan fingerprint density at radius 3 is 2.73 bits per heavy atom. The predicted molar refractivity (Wildman–Crippen MR) is 49.7 cm³/mol. The molecule has 58 valence electrons. The first kappa shape index (κ1) is 7.46. The number of Topliss-reactive ketones (excluding diaryl/α,β-unsaturated/α-hetero) is 1. The third-order valence-electron chi connectivity index (χ3n) is 1.96. The molecular weight excluding hydrogens is 178 g/mol. The fraction of sp³-hybridized carbons (Fsp3) is 0.429. The summed E-state index contributed by atoms with van der Waals surface area (Å²) in [6.07, 6.45) is 1.83. The summed E-state index contributed by atoms with van der Waals surface area (Å²) < 4.78 is 0.788. The number of hydrogen-bond acceptors (Lipinski definition) is 4. The van der Waals surface area contributed by atoms with Gasteiger partial charge < -0.3 is 0 Å². The van der Waals surface area contributed by atoms with E-state index in [9.17, 15) is 4.79 Å². The normalized spacial score (nSPS) is 39.2. The van der Waals surface area contributed by atoms with E-state index in [1.807, 2.05) is 13.0 Å². The molecule has 1 spiro atoms. The number of thiocarbonyl (C=S) groups is 1. The molecule has 0 amide bonds. The average molecular weight is 185 g/mol. The summed E-state index contributed by atoms with van der Waals surface area (Å²) in [5, 5.41) is 3.02. The number of thioether (sulfide) groups is 1. The fourth-order valence-corrected chi connectivity index (χ4v) is 2.62. The monoisotopic (exact) mass is 185 g/mol. The van der Waals surface area contributed by atoms with Gasteiger partial charge in [-0.25, -0.2) is 0 Å². The molecule has 0 aromatic heterocycles. The van der Waals surface area contributed by atoms with E-state index in [-0.39, 0.29) is 5.78 Å². The Morgan fingerprint density at radius 1 is 1.82 bits per heavy atom. The number of carbonyl (C=O) groups excluding carboxylic acids is 1. The Labute approximate surface area is 74.4 Å². The van der Waals surface area contributed by atoms with Crippen LogP contribution in [-0.2, 0) is 4.79 Å². The van der Waals surface area contributed by atoms with Crippen molar-refractivity contribution < 1.29 is 4.79 Å². The second-order valence-corrected chi connectivity index (χ2v) is 4.35. The predicted octanol–water partition coefficient (Wildman–Crippen LogP) is 0.875. The Morgan fingerprint density at radius 2 is 2.45 bits per heavy atom. The molecule has 1 atom stereocenters. The lowest BCUT2D eigenvalue weighted by Gasteiger charge is -1.96. The summed E-state index contributed by atoms with van der Waals surface area (Å²) in [5.41, 5.74) is -0.429. The molecule has 0 aromatic rings. The topological polar surface area (TPSA) is 39.0 Å². The molecule has 0 radical (unpaired) electrons.